The maximum atomic E-state index is 5.00. The maximum absolute atomic E-state index is 5.00. The molecule has 10 heavy (non-hydrogen) atoms. The molecule has 56 valence electrons. The molecule has 0 amide bonds. The van der Waals surface area contributed by atoms with Crippen LogP contribution in [0.2, 0.25) is 0 Å². The normalized spacial score (nSPS) is 10.2. The number of hydrogen-bond acceptors (Lipinski definition) is 3. The Morgan fingerprint density at radius 3 is 2.90 bits per heavy atom. The summed E-state index contributed by atoms with van der Waals surface area (Å²) in [5.41, 5.74) is 0. The zero-order valence-corrected chi connectivity index (χ0v) is 7.07. The van der Waals surface area contributed by atoms with Gasteiger partial charge < -0.3 is 4.52 Å². The molecule has 1 aromatic heterocycles. The second kappa shape index (κ2) is 3.66. The molecule has 1 heterocycles. The predicted molar refractivity (Wildman–Crippen MR) is 42.3 cm³/mol. The Kier molecular flexibility index (Phi) is 2.81. The highest BCUT2D eigenvalue weighted by Crippen LogP contribution is 2.16. The zero-order valence-electron chi connectivity index (χ0n) is 6.26. The summed E-state index contributed by atoms with van der Waals surface area (Å²) in [6, 6.07) is 1.99. The topological polar surface area (TPSA) is 26.0 Å². The van der Waals surface area contributed by atoms with E-state index in [0.29, 0.717) is 0 Å². The molecule has 3 heteroatoms. The SMILES string of the molecule is CCSc1cc(CC)on1. The average molecular weight is 157 g/mol. The summed E-state index contributed by atoms with van der Waals surface area (Å²) in [4.78, 5) is 0. The van der Waals surface area contributed by atoms with Gasteiger partial charge in [0, 0.05) is 12.5 Å². The van der Waals surface area contributed by atoms with Crippen molar-refractivity contribution in [2.75, 3.05) is 5.75 Å². The molecule has 0 aliphatic rings. The van der Waals surface area contributed by atoms with Crippen molar-refractivity contribution in [1.29, 1.82) is 0 Å². The van der Waals surface area contributed by atoms with Crippen molar-refractivity contribution in [3.63, 3.8) is 0 Å². The highest BCUT2D eigenvalue weighted by molar-refractivity contribution is 7.99. The van der Waals surface area contributed by atoms with Gasteiger partial charge in [-0.15, -0.1) is 11.8 Å². The van der Waals surface area contributed by atoms with E-state index in [2.05, 4.69) is 19.0 Å². The minimum Gasteiger partial charge on any atom is -0.360 e. The maximum Gasteiger partial charge on any atom is 0.140 e. The molecule has 0 saturated carbocycles. The highest BCUT2D eigenvalue weighted by Gasteiger charge is 1.99. The summed E-state index contributed by atoms with van der Waals surface area (Å²) in [6.07, 6.45) is 0.928. The Balaban J connectivity index is 2.59. The molecule has 0 radical (unpaired) electrons. The van der Waals surface area contributed by atoms with Crippen LogP contribution in [0.5, 0.6) is 0 Å². The Bertz CT molecular complexity index is 197. The monoisotopic (exact) mass is 157 g/mol. The largest absolute Gasteiger partial charge is 0.360 e. The van der Waals surface area contributed by atoms with Crippen LogP contribution in [0, 0.1) is 0 Å². The molecule has 0 aromatic carbocycles. The summed E-state index contributed by atoms with van der Waals surface area (Å²) in [5, 5.41) is 4.86. The molecule has 0 aliphatic carbocycles. The van der Waals surface area contributed by atoms with Gasteiger partial charge in [-0.05, 0) is 5.75 Å². The number of rotatable bonds is 3. The first-order chi connectivity index (χ1) is 4.86. The van der Waals surface area contributed by atoms with Gasteiger partial charge in [0.2, 0.25) is 0 Å². The van der Waals surface area contributed by atoms with Crippen molar-refractivity contribution in [2.45, 2.75) is 25.3 Å². The Morgan fingerprint density at radius 2 is 2.40 bits per heavy atom. The summed E-state index contributed by atoms with van der Waals surface area (Å²) < 4.78 is 5.00. The van der Waals surface area contributed by atoms with E-state index in [9.17, 15) is 0 Å². The molecule has 1 aromatic rings. The first kappa shape index (κ1) is 7.66. The summed E-state index contributed by atoms with van der Waals surface area (Å²) in [7, 11) is 0. The molecule has 0 unspecified atom stereocenters. The smallest absolute Gasteiger partial charge is 0.140 e. The van der Waals surface area contributed by atoms with Crippen molar-refractivity contribution < 1.29 is 4.52 Å². The minimum absolute atomic E-state index is 0.928. The average Bonchev–Trinajstić information content (AvgIpc) is 2.37. The first-order valence-corrected chi connectivity index (χ1v) is 4.43. The van der Waals surface area contributed by atoms with Gasteiger partial charge in [-0.25, -0.2) is 0 Å². The summed E-state index contributed by atoms with van der Waals surface area (Å²) >= 11 is 1.71. The molecule has 0 atom stereocenters. The second-order valence-corrected chi connectivity index (χ2v) is 3.20. The molecule has 0 aliphatic heterocycles. The fraction of sp³-hybridized carbons (Fsp3) is 0.571. The van der Waals surface area contributed by atoms with Crippen LogP contribution < -0.4 is 0 Å². The van der Waals surface area contributed by atoms with E-state index in [1.807, 2.05) is 6.07 Å². The van der Waals surface area contributed by atoms with Gasteiger partial charge in [-0.1, -0.05) is 19.0 Å². The second-order valence-electron chi connectivity index (χ2n) is 1.92. The standard InChI is InChI=1S/C7H11NOS/c1-3-6-5-7(8-9-6)10-4-2/h5H,3-4H2,1-2H3. The first-order valence-electron chi connectivity index (χ1n) is 3.45. The van der Waals surface area contributed by atoms with Crippen molar-refractivity contribution in [3.05, 3.63) is 11.8 Å². The lowest BCUT2D eigenvalue weighted by Gasteiger charge is -1.83. The number of aromatic nitrogens is 1. The third kappa shape index (κ3) is 1.77. The lowest BCUT2D eigenvalue weighted by Crippen LogP contribution is -1.69. The Hall–Kier alpha value is -0.440. The van der Waals surface area contributed by atoms with Crippen LogP contribution in [0.4, 0.5) is 0 Å². The molecule has 0 fully saturated rings. The number of thioether (sulfide) groups is 1. The lowest BCUT2D eigenvalue weighted by atomic mass is 10.4. The molecule has 0 spiro atoms. The third-order valence-corrected chi connectivity index (χ3v) is 1.95. The number of hydrogen-bond donors (Lipinski definition) is 0. The van der Waals surface area contributed by atoms with Crippen molar-refractivity contribution in [1.82, 2.24) is 5.16 Å². The van der Waals surface area contributed by atoms with E-state index in [-0.39, 0.29) is 0 Å². The van der Waals surface area contributed by atoms with Crippen LogP contribution in [0.3, 0.4) is 0 Å². The van der Waals surface area contributed by atoms with Crippen LogP contribution in [0.25, 0.3) is 0 Å². The molecule has 0 N–H and O–H groups in total. The lowest BCUT2D eigenvalue weighted by molar-refractivity contribution is 0.374. The van der Waals surface area contributed by atoms with E-state index >= 15 is 0 Å². The highest BCUT2D eigenvalue weighted by atomic mass is 32.2. The molecular weight excluding hydrogens is 146 g/mol. The fourth-order valence-electron chi connectivity index (χ4n) is 0.677. The van der Waals surface area contributed by atoms with Crippen LogP contribution in [0.1, 0.15) is 19.6 Å². The van der Waals surface area contributed by atoms with Gasteiger partial charge in [0.05, 0.1) is 0 Å². The Morgan fingerprint density at radius 1 is 1.60 bits per heavy atom. The number of aryl methyl sites for hydroxylation is 1. The van der Waals surface area contributed by atoms with Gasteiger partial charge in [0.1, 0.15) is 10.8 Å². The molecule has 0 saturated heterocycles. The van der Waals surface area contributed by atoms with Crippen molar-refractivity contribution in [3.8, 4) is 0 Å². The minimum atomic E-state index is 0.928. The van der Waals surface area contributed by atoms with Gasteiger partial charge in [0.15, 0.2) is 0 Å². The van der Waals surface area contributed by atoms with Gasteiger partial charge in [-0.3, -0.25) is 0 Å². The van der Waals surface area contributed by atoms with Crippen molar-refractivity contribution in [2.24, 2.45) is 0 Å². The Labute approximate surface area is 65.0 Å². The van der Waals surface area contributed by atoms with Gasteiger partial charge in [-0.2, -0.15) is 0 Å². The molecule has 2 nitrogen and oxygen atoms in total. The van der Waals surface area contributed by atoms with Gasteiger partial charge >= 0.3 is 0 Å². The quantitative estimate of drug-likeness (QED) is 0.630. The predicted octanol–water partition coefficient (Wildman–Crippen LogP) is 2.35. The third-order valence-electron chi connectivity index (χ3n) is 1.18. The van der Waals surface area contributed by atoms with E-state index in [1.54, 1.807) is 11.8 Å². The summed E-state index contributed by atoms with van der Waals surface area (Å²) in [5.74, 6) is 2.02. The van der Waals surface area contributed by atoms with Crippen molar-refractivity contribution >= 4 is 11.8 Å². The number of nitrogens with zero attached hydrogens (tertiary/aromatic N) is 1. The van der Waals surface area contributed by atoms with E-state index in [0.717, 1.165) is 23.0 Å². The van der Waals surface area contributed by atoms with E-state index in [4.69, 9.17) is 4.52 Å². The molecule has 0 bridgehead atoms. The fourth-order valence-corrected chi connectivity index (χ4v) is 1.28. The molecular formula is C7H11NOS. The molecule has 1 rings (SSSR count). The van der Waals surface area contributed by atoms with Gasteiger partial charge in [0.25, 0.3) is 0 Å². The van der Waals surface area contributed by atoms with Crippen LogP contribution in [-0.4, -0.2) is 10.9 Å². The van der Waals surface area contributed by atoms with Crippen LogP contribution in [0.15, 0.2) is 15.6 Å². The van der Waals surface area contributed by atoms with Crippen LogP contribution >= 0.6 is 11.8 Å². The summed E-state index contributed by atoms with van der Waals surface area (Å²) in [6.45, 7) is 4.16. The van der Waals surface area contributed by atoms with Crippen LogP contribution in [-0.2, 0) is 6.42 Å². The van der Waals surface area contributed by atoms with E-state index < -0.39 is 0 Å². The zero-order chi connectivity index (χ0) is 7.40. The van der Waals surface area contributed by atoms with E-state index in [1.165, 1.54) is 0 Å².